The Labute approximate surface area is 117 Å². The van der Waals surface area contributed by atoms with E-state index in [0.29, 0.717) is 1.93 Å². The van der Waals surface area contributed by atoms with Crippen LogP contribution in [0.4, 0.5) is 0 Å². The second-order valence-corrected chi connectivity index (χ2v) is 12.3. The summed E-state index contributed by atoms with van der Waals surface area (Å²) >= 11 is 9.84. The van der Waals surface area contributed by atoms with Gasteiger partial charge < -0.3 is 0 Å². The minimum atomic E-state index is 0.284. The van der Waals surface area contributed by atoms with Crippen molar-refractivity contribution in [3.63, 3.8) is 0 Å². The van der Waals surface area contributed by atoms with Gasteiger partial charge in [-0.05, 0) is 6.42 Å². The summed E-state index contributed by atoms with van der Waals surface area (Å²) in [6, 6.07) is 0. The van der Waals surface area contributed by atoms with Gasteiger partial charge in [0.05, 0.1) is 1.93 Å². The highest BCUT2D eigenvalue weighted by Crippen LogP contribution is 2.41. The third-order valence-corrected chi connectivity index (χ3v) is 9.56. The predicted octanol–water partition coefficient (Wildman–Crippen LogP) is 4.72. The number of alkyl halides is 4. The second-order valence-electron chi connectivity index (χ2n) is 1.79. The maximum atomic E-state index is 2.47. The number of rotatable bonds is 3. The van der Waals surface area contributed by atoms with Crippen LogP contribution in [0.3, 0.4) is 0 Å². The Kier molecular flexibility index (Phi) is 7.81. The first-order valence-corrected chi connectivity index (χ1v) is 7.49. The van der Waals surface area contributed by atoms with Gasteiger partial charge in [0, 0.05) is 0 Å². The zero-order valence-corrected chi connectivity index (χ0v) is 14.1. The lowest BCUT2D eigenvalue weighted by Crippen LogP contribution is -2.14. The molecule has 0 spiro atoms. The fourth-order valence-corrected chi connectivity index (χ4v) is 1.27. The molecule has 0 aliphatic rings. The van der Waals surface area contributed by atoms with Crippen LogP contribution in [0.5, 0.6) is 0 Å². The minimum Gasteiger partial charge on any atom is -0.0867 e. The van der Waals surface area contributed by atoms with Crippen molar-refractivity contribution in [2.75, 3.05) is 0 Å². The molecule has 0 aliphatic heterocycles. The second kappa shape index (κ2) is 6.17. The van der Waals surface area contributed by atoms with Crippen molar-refractivity contribution in [3.8, 4) is 0 Å². The van der Waals surface area contributed by atoms with Crippen molar-refractivity contribution < 1.29 is 0 Å². The minimum absolute atomic E-state index is 0.284. The SMILES string of the molecule is CCC=CC(I)(I)C(I)I. The highest BCUT2D eigenvalue weighted by Gasteiger charge is 2.25. The van der Waals surface area contributed by atoms with Gasteiger partial charge in [-0.2, -0.15) is 0 Å². The normalized spacial score (nSPS) is 13.4. The van der Waals surface area contributed by atoms with Gasteiger partial charge in [-0.3, -0.25) is 0 Å². The Bertz CT molecular complexity index is 117. The van der Waals surface area contributed by atoms with Crippen molar-refractivity contribution in [3.05, 3.63) is 12.2 Å². The van der Waals surface area contributed by atoms with E-state index in [-0.39, 0.29) is 1.43 Å². The van der Waals surface area contributed by atoms with E-state index in [1.54, 1.807) is 0 Å². The Morgan fingerprint density at radius 3 is 2.20 bits per heavy atom. The Morgan fingerprint density at radius 2 is 1.90 bits per heavy atom. The molecule has 0 nitrogen and oxygen atoms in total. The van der Waals surface area contributed by atoms with Gasteiger partial charge in [-0.1, -0.05) is 109 Å². The fourth-order valence-electron chi connectivity index (χ4n) is 0.348. The maximum Gasteiger partial charge on any atom is 0.112 e. The van der Waals surface area contributed by atoms with E-state index in [1.807, 2.05) is 0 Å². The molecule has 60 valence electrons. The lowest BCUT2D eigenvalue weighted by Gasteiger charge is -2.17. The van der Waals surface area contributed by atoms with Gasteiger partial charge in [0.1, 0.15) is 1.43 Å². The monoisotopic (exact) mass is 588 g/mol. The summed E-state index contributed by atoms with van der Waals surface area (Å²) < 4.78 is 0.929. The topological polar surface area (TPSA) is 0 Å². The lowest BCUT2D eigenvalue weighted by atomic mass is 10.4. The third kappa shape index (κ3) is 5.33. The molecule has 4 heteroatoms. The van der Waals surface area contributed by atoms with Crippen LogP contribution in [-0.2, 0) is 0 Å². The smallest absolute Gasteiger partial charge is 0.0867 e. The Morgan fingerprint density at radius 1 is 1.40 bits per heavy atom. The van der Waals surface area contributed by atoms with Crippen LogP contribution in [0.2, 0.25) is 0 Å². The first-order chi connectivity index (χ1) is 4.50. The Hall–Kier alpha value is 2.66. The molecule has 0 atom stereocenters. The molecule has 0 amide bonds. The molecule has 0 saturated heterocycles. The average Bonchev–Trinajstić information content (AvgIpc) is 1.84. The molecule has 0 bridgehead atoms. The molecule has 0 aromatic rings. The summed E-state index contributed by atoms with van der Waals surface area (Å²) in [6.45, 7) is 2.16. The van der Waals surface area contributed by atoms with Crippen LogP contribution in [0.15, 0.2) is 12.2 Å². The van der Waals surface area contributed by atoms with Crippen LogP contribution in [0, 0.1) is 0 Å². The molecule has 0 aromatic heterocycles. The first-order valence-electron chi connectivity index (χ1n) is 2.84. The standard InChI is InChI=1S/C6H8I4/c1-2-3-4-6(9,10)5(7)8/h3-5H,2H2,1H3. The summed E-state index contributed by atoms with van der Waals surface area (Å²) in [7, 11) is 0. The first kappa shape index (κ1) is 12.7. The van der Waals surface area contributed by atoms with Crippen molar-refractivity contribution >= 4 is 90.4 Å². The summed E-state index contributed by atoms with van der Waals surface area (Å²) in [5.41, 5.74) is 0. The number of hydrogen-bond acceptors (Lipinski definition) is 0. The van der Waals surface area contributed by atoms with Crippen LogP contribution < -0.4 is 0 Å². The van der Waals surface area contributed by atoms with Crippen molar-refractivity contribution in [1.82, 2.24) is 0 Å². The molecule has 0 fully saturated rings. The van der Waals surface area contributed by atoms with Crippen molar-refractivity contribution in [1.29, 1.82) is 0 Å². The number of allylic oxidation sites excluding steroid dienone is 2. The zero-order valence-electron chi connectivity index (χ0n) is 5.45. The number of hydrogen-bond donors (Lipinski definition) is 0. The molecule has 0 aliphatic carbocycles. The number of halogens is 4. The molecule has 10 heavy (non-hydrogen) atoms. The quantitative estimate of drug-likeness (QED) is 0.255. The summed E-state index contributed by atoms with van der Waals surface area (Å²) in [6.07, 6.45) is 5.63. The summed E-state index contributed by atoms with van der Waals surface area (Å²) in [5.74, 6) is 0. The van der Waals surface area contributed by atoms with Crippen LogP contribution >= 0.6 is 90.4 Å². The van der Waals surface area contributed by atoms with E-state index in [0.717, 1.165) is 6.42 Å². The highest BCUT2D eigenvalue weighted by molar-refractivity contribution is 14.2. The Balaban J connectivity index is 3.98. The molecule has 0 aromatic carbocycles. The molecule has 0 heterocycles. The van der Waals surface area contributed by atoms with E-state index in [4.69, 9.17) is 0 Å². The fraction of sp³-hybridized carbons (Fsp3) is 0.667. The molecule has 0 N–H and O–H groups in total. The van der Waals surface area contributed by atoms with Gasteiger partial charge in [0.2, 0.25) is 0 Å². The van der Waals surface area contributed by atoms with Crippen LogP contribution in [-0.4, -0.2) is 3.36 Å². The van der Waals surface area contributed by atoms with Gasteiger partial charge in [0.25, 0.3) is 0 Å². The third-order valence-electron chi connectivity index (χ3n) is 0.867. The van der Waals surface area contributed by atoms with Gasteiger partial charge in [-0.15, -0.1) is 0 Å². The van der Waals surface area contributed by atoms with Crippen LogP contribution in [0.25, 0.3) is 0 Å². The van der Waals surface area contributed by atoms with E-state index >= 15 is 0 Å². The van der Waals surface area contributed by atoms with Gasteiger partial charge in [0.15, 0.2) is 0 Å². The highest BCUT2D eigenvalue weighted by atomic mass is 127. The largest absolute Gasteiger partial charge is 0.112 e. The van der Waals surface area contributed by atoms with Crippen molar-refractivity contribution in [2.45, 2.75) is 16.7 Å². The molecule has 0 unspecified atom stereocenters. The van der Waals surface area contributed by atoms with E-state index in [9.17, 15) is 0 Å². The zero-order chi connectivity index (χ0) is 8.20. The van der Waals surface area contributed by atoms with Gasteiger partial charge in [-0.25, -0.2) is 0 Å². The van der Waals surface area contributed by atoms with E-state index in [1.165, 1.54) is 0 Å². The average molecular weight is 588 g/mol. The molecule has 0 saturated carbocycles. The van der Waals surface area contributed by atoms with Gasteiger partial charge >= 0.3 is 0 Å². The van der Waals surface area contributed by atoms with Crippen molar-refractivity contribution in [2.24, 2.45) is 0 Å². The lowest BCUT2D eigenvalue weighted by molar-refractivity contribution is 1.18. The van der Waals surface area contributed by atoms with E-state index < -0.39 is 0 Å². The molecule has 0 radical (unpaired) electrons. The molecular weight excluding hydrogens is 580 g/mol. The van der Waals surface area contributed by atoms with Crippen LogP contribution in [0.1, 0.15) is 13.3 Å². The molecule has 0 rings (SSSR count). The summed E-state index contributed by atoms with van der Waals surface area (Å²) in [4.78, 5) is 0. The molecular formula is C6H8I4. The predicted molar refractivity (Wildman–Crippen MR) is 82.0 cm³/mol. The van der Waals surface area contributed by atoms with E-state index in [2.05, 4.69) is 109 Å². The summed E-state index contributed by atoms with van der Waals surface area (Å²) in [5, 5.41) is 0. The maximum absolute atomic E-state index is 2.47.